The van der Waals surface area contributed by atoms with E-state index in [2.05, 4.69) is 60.4 Å². The lowest BCUT2D eigenvalue weighted by molar-refractivity contribution is -0.137. The summed E-state index contributed by atoms with van der Waals surface area (Å²) in [7, 11) is 0. The Morgan fingerprint density at radius 2 is 1.70 bits per heavy atom. The van der Waals surface area contributed by atoms with Gasteiger partial charge < -0.3 is 10.0 Å². The number of aryl methyl sites for hydroxylation is 1. The number of benzene rings is 2. The van der Waals surface area contributed by atoms with E-state index in [4.69, 9.17) is 5.11 Å². The maximum atomic E-state index is 11.0. The zero-order valence-corrected chi connectivity index (χ0v) is 13.5. The van der Waals surface area contributed by atoms with Crippen molar-refractivity contribution in [2.75, 3.05) is 11.4 Å². The van der Waals surface area contributed by atoms with Gasteiger partial charge in [0.15, 0.2) is 0 Å². The molecule has 1 aliphatic heterocycles. The fourth-order valence-electron chi connectivity index (χ4n) is 3.34. The Kier molecular flexibility index (Phi) is 4.65. The summed E-state index contributed by atoms with van der Waals surface area (Å²) in [6, 6.07) is 17.3. The van der Waals surface area contributed by atoms with Crippen LogP contribution in [0.5, 0.6) is 0 Å². The van der Waals surface area contributed by atoms with Gasteiger partial charge in [0.25, 0.3) is 0 Å². The number of aliphatic carboxylic acids is 1. The highest BCUT2D eigenvalue weighted by atomic mass is 16.4. The lowest BCUT2D eigenvalue weighted by Gasteiger charge is -2.26. The molecule has 0 bridgehead atoms. The molecule has 3 nitrogen and oxygen atoms in total. The van der Waals surface area contributed by atoms with Gasteiger partial charge in [-0.15, -0.1) is 0 Å². The van der Waals surface area contributed by atoms with E-state index in [-0.39, 0.29) is 12.5 Å². The molecule has 0 aliphatic carbocycles. The van der Waals surface area contributed by atoms with Gasteiger partial charge in [-0.1, -0.05) is 42.0 Å². The van der Waals surface area contributed by atoms with E-state index in [0.29, 0.717) is 0 Å². The van der Waals surface area contributed by atoms with Crippen LogP contribution < -0.4 is 4.90 Å². The first-order valence-corrected chi connectivity index (χ1v) is 8.25. The van der Waals surface area contributed by atoms with Gasteiger partial charge in [-0.05, 0) is 49.4 Å². The van der Waals surface area contributed by atoms with Crippen molar-refractivity contribution in [3.8, 4) is 0 Å². The maximum Gasteiger partial charge on any atom is 0.305 e. The van der Waals surface area contributed by atoms with Crippen LogP contribution >= 0.6 is 0 Å². The van der Waals surface area contributed by atoms with Crippen LogP contribution in [0.1, 0.15) is 36.0 Å². The van der Waals surface area contributed by atoms with Crippen LogP contribution in [0.3, 0.4) is 0 Å². The smallest absolute Gasteiger partial charge is 0.305 e. The van der Waals surface area contributed by atoms with E-state index in [1.165, 1.54) is 16.7 Å². The van der Waals surface area contributed by atoms with Gasteiger partial charge in [-0.3, -0.25) is 4.79 Å². The minimum absolute atomic E-state index is 0.135. The van der Waals surface area contributed by atoms with Crippen LogP contribution in [0.25, 0.3) is 0 Å². The highest BCUT2D eigenvalue weighted by Crippen LogP contribution is 2.28. The molecule has 1 heterocycles. The molecular formula is C20H23NO2. The monoisotopic (exact) mass is 309 g/mol. The molecule has 0 saturated carbocycles. The summed E-state index contributed by atoms with van der Waals surface area (Å²) in [5, 5.41) is 9.04. The van der Waals surface area contributed by atoms with Gasteiger partial charge in [0, 0.05) is 18.3 Å². The van der Waals surface area contributed by atoms with Gasteiger partial charge >= 0.3 is 5.97 Å². The zero-order valence-electron chi connectivity index (χ0n) is 13.5. The number of hydrogen-bond donors (Lipinski definition) is 1. The Balaban J connectivity index is 1.69. The van der Waals surface area contributed by atoms with Gasteiger partial charge in [-0.25, -0.2) is 0 Å². The lowest BCUT2D eigenvalue weighted by Crippen LogP contribution is -2.31. The van der Waals surface area contributed by atoms with E-state index in [0.717, 1.165) is 31.5 Å². The molecule has 0 amide bonds. The molecule has 1 fully saturated rings. The Hall–Kier alpha value is -2.29. The van der Waals surface area contributed by atoms with Crippen LogP contribution in [0.15, 0.2) is 48.5 Å². The molecule has 1 atom stereocenters. The molecule has 3 rings (SSSR count). The van der Waals surface area contributed by atoms with Gasteiger partial charge in [0.1, 0.15) is 0 Å². The zero-order chi connectivity index (χ0) is 16.2. The van der Waals surface area contributed by atoms with Crippen LogP contribution in [0.4, 0.5) is 5.69 Å². The second-order valence-electron chi connectivity index (χ2n) is 6.42. The number of anilines is 1. The predicted molar refractivity (Wildman–Crippen MR) is 93.0 cm³/mol. The fourth-order valence-corrected chi connectivity index (χ4v) is 3.34. The van der Waals surface area contributed by atoms with E-state index < -0.39 is 5.97 Å². The minimum Gasteiger partial charge on any atom is -0.481 e. The average molecular weight is 309 g/mol. The molecule has 0 radical (unpaired) electrons. The summed E-state index contributed by atoms with van der Waals surface area (Å²) >= 11 is 0. The van der Waals surface area contributed by atoms with Crippen molar-refractivity contribution in [3.63, 3.8) is 0 Å². The first-order valence-electron chi connectivity index (χ1n) is 8.25. The third kappa shape index (κ3) is 3.92. The molecule has 0 aromatic heterocycles. The molecule has 1 saturated heterocycles. The number of nitrogens with zero attached hydrogens (tertiary/aromatic N) is 1. The fraction of sp³-hybridized carbons (Fsp3) is 0.350. The molecule has 1 N–H and O–H groups in total. The maximum absolute atomic E-state index is 11.0. The van der Waals surface area contributed by atoms with Crippen molar-refractivity contribution in [3.05, 3.63) is 65.2 Å². The van der Waals surface area contributed by atoms with Crippen molar-refractivity contribution in [1.82, 2.24) is 0 Å². The normalized spacial score (nSPS) is 17.4. The molecular weight excluding hydrogens is 286 g/mol. The summed E-state index contributed by atoms with van der Waals surface area (Å²) in [5.74, 6) is -0.710. The van der Waals surface area contributed by atoms with Crippen LogP contribution in [0.2, 0.25) is 0 Å². The van der Waals surface area contributed by atoms with Crippen molar-refractivity contribution in [2.24, 2.45) is 0 Å². The summed E-state index contributed by atoms with van der Waals surface area (Å²) in [6.45, 7) is 3.05. The highest BCUT2D eigenvalue weighted by molar-refractivity contribution is 5.69. The molecule has 2 aromatic carbocycles. The Bertz CT molecular complexity index is 661. The van der Waals surface area contributed by atoms with Crippen LogP contribution in [0, 0.1) is 6.92 Å². The van der Waals surface area contributed by atoms with Crippen LogP contribution in [-0.4, -0.2) is 23.7 Å². The quantitative estimate of drug-likeness (QED) is 0.906. The van der Waals surface area contributed by atoms with Crippen molar-refractivity contribution >= 4 is 11.7 Å². The third-order valence-corrected chi connectivity index (χ3v) is 4.58. The third-order valence-electron chi connectivity index (χ3n) is 4.58. The van der Waals surface area contributed by atoms with Crippen LogP contribution in [-0.2, 0) is 11.2 Å². The standard InChI is InChI=1S/C20H23NO2/c1-15-4-6-16(7-5-15)13-17-8-10-18(11-9-17)21-12-2-3-19(21)14-20(22)23/h4-11,19H,2-3,12-14H2,1H3,(H,22,23). The molecule has 120 valence electrons. The van der Waals surface area contributed by atoms with Gasteiger partial charge in [0.2, 0.25) is 0 Å². The Morgan fingerprint density at radius 1 is 1.09 bits per heavy atom. The SMILES string of the molecule is Cc1ccc(Cc2ccc(N3CCCC3CC(=O)O)cc2)cc1. The second kappa shape index (κ2) is 6.86. The van der Waals surface area contributed by atoms with E-state index in [1.807, 2.05) is 0 Å². The van der Waals surface area contributed by atoms with Gasteiger partial charge in [-0.2, -0.15) is 0 Å². The largest absolute Gasteiger partial charge is 0.481 e. The number of carbonyl (C=O) groups is 1. The molecule has 1 aliphatic rings. The summed E-state index contributed by atoms with van der Waals surface area (Å²) < 4.78 is 0. The van der Waals surface area contributed by atoms with Crippen molar-refractivity contribution < 1.29 is 9.90 Å². The molecule has 1 unspecified atom stereocenters. The minimum atomic E-state index is -0.710. The topological polar surface area (TPSA) is 40.5 Å². The van der Waals surface area contributed by atoms with Gasteiger partial charge in [0.05, 0.1) is 6.42 Å². The number of rotatable bonds is 5. The highest BCUT2D eigenvalue weighted by Gasteiger charge is 2.26. The van der Waals surface area contributed by atoms with E-state index >= 15 is 0 Å². The first-order chi connectivity index (χ1) is 11.1. The average Bonchev–Trinajstić information content (AvgIpc) is 2.98. The number of carboxylic acid groups (broad SMARTS) is 1. The molecule has 3 heteroatoms. The lowest BCUT2D eigenvalue weighted by atomic mass is 10.0. The number of hydrogen-bond acceptors (Lipinski definition) is 2. The summed E-state index contributed by atoms with van der Waals surface area (Å²) in [5.41, 5.74) is 5.02. The second-order valence-corrected chi connectivity index (χ2v) is 6.42. The summed E-state index contributed by atoms with van der Waals surface area (Å²) in [6.07, 6.45) is 3.20. The number of carboxylic acids is 1. The summed E-state index contributed by atoms with van der Waals surface area (Å²) in [4.78, 5) is 13.2. The first kappa shape index (κ1) is 15.6. The predicted octanol–water partition coefficient (Wildman–Crippen LogP) is 4.03. The Morgan fingerprint density at radius 3 is 2.30 bits per heavy atom. The molecule has 23 heavy (non-hydrogen) atoms. The molecule has 0 spiro atoms. The Labute approximate surface area is 137 Å². The van der Waals surface area contributed by atoms with E-state index in [1.54, 1.807) is 0 Å². The molecule has 2 aromatic rings. The van der Waals surface area contributed by atoms with Crippen molar-refractivity contribution in [1.29, 1.82) is 0 Å². The van der Waals surface area contributed by atoms with E-state index in [9.17, 15) is 4.79 Å². The van der Waals surface area contributed by atoms with Crippen molar-refractivity contribution in [2.45, 2.75) is 38.6 Å².